The number of benzene rings is 1. The Labute approximate surface area is 115 Å². The maximum Gasteiger partial charge on any atom is 0.227 e. The normalized spacial score (nSPS) is 13.4. The van der Waals surface area contributed by atoms with E-state index < -0.39 is 5.41 Å². The van der Waals surface area contributed by atoms with E-state index in [9.17, 15) is 4.79 Å². The first-order chi connectivity index (χ1) is 8.38. The van der Waals surface area contributed by atoms with Gasteiger partial charge in [-0.1, -0.05) is 44.2 Å². The summed E-state index contributed by atoms with van der Waals surface area (Å²) in [6.45, 7) is 7.92. The van der Waals surface area contributed by atoms with Crippen LogP contribution in [0.4, 0.5) is 0 Å². The number of nitrogens with one attached hydrogen (secondary N) is 1. The van der Waals surface area contributed by atoms with Crippen LogP contribution < -0.4 is 5.32 Å². The highest BCUT2D eigenvalue weighted by Crippen LogP contribution is 2.24. The molecule has 0 saturated heterocycles. The van der Waals surface area contributed by atoms with Crippen molar-refractivity contribution in [2.45, 2.75) is 33.7 Å². The molecule has 1 N–H and O–H groups in total. The minimum Gasteiger partial charge on any atom is -0.349 e. The summed E-state index contributed by atoms with van der Waals surface area (Å²) in [5.74, 6) is 0.654. The van der Waals surface area contributed by atoms with Crippen LogP contribution in [0.5, 0.6) is 0 Å². The van der Waals surface area contributed by atoms with E-state index in [4.69, 9.17) is 11.6 Å². The molecule has 18 heavy (non-hydrogen) atoms. The van der Waals surface area contributed by atoms with Crippen molar-refractivity contribution >= 4 is 17.5 Å². The largest absolute Gasteiger partial charge is 0.349 e. The maximum atomic E-state index is 12.2. The first-order valence-electron chi connectivity index (χ1n) is 6.30. The molecule has 1 atom stereocenters. The molecule has 0 aliphatic rings. The van der Waals surface area contributed by atoms with Crippen molar-refractivity contribution in [2.24, 2.45) is 11.3 Å². The SMILES string of the molecule is CC(C)C(NC(=O)C(C)(C)CCl)c1ccccc1. The number of carbonyl (C=O) groups is 1. The fourth-order valence-corrected chi connectivity index (χ4v) is 1.81. The lowest BCUT2D eigenvalue weighted by atomic mass is 9.91. The van der Waals surface area contributed by atoms with Gasteiger partial charge in [-0.25, -0.2) is 0 Å². The lowest BCUT2D eigenvalue weighted by Crippen LogP contribution is -2.41. The Morgan fingerprint density at radius 1 is 1.28 bits per heavy atom. The third-order valence-corrected chi connectivity index (χ3v) is 3.73. The highest BCUT2D eigenvalue weighted by atomic mass is 35.5. The number of hydrogen-bond donors (Lipinski definition) is 1. The molecule has 1 aromatic carbocycles. The van der Waals surface area contributed by atoms with Crippen LogP contribution in [0.2, 0.25) is 0 Å². The average Bonchev–Trinajstić information content (AvgIpc) is 2.36. The highest BCUT2D eigenvalue weighted by Gasteiger charge is 2.29. The third-order valence-electron chi connectivity index (χ3n) is 3.06. The smallest absolute Gasteiger partial charge is 0.227 e. The van der Waals surface area contributed by atoms with Gasteiger partial charge in [0.2, 0.25) is 5.91 Å². The summed E-state index contributed by atoms with van der Waals surface area (Å²) in [6, 6.07) is 10.1. The van der Waals surface area contributed by atoms with Crippen LogP contribution >= 0.6 is 11.6 Å². The summed E-state index contributed by atoms with van der Waals surface area (Å²) in [7, 11) is 0. The second-order valence-corrected chi connectivity index (χ2v) is 5.89. The Morgan fingerprint density at radius 3 is 2.28 bits per heavy atom. The van der Waals surface area contributed by atoms with Gasteiger partial charge in [0, 0.05) is 5.88 Å². The topological polar surface area (TPSA) is 29.1 Å². The second kappa shape index (κ2) is 6.24. The molecule has 0 radical (unpaired) electrons. The van der Waals surface area contributed by atoms with Crippen LogP contribution in [0.15, 0.2) is 30.3 Å². The lowest BCUT2D eigenvalue weighted by molar-refractivity contribution is -0.129. The van der Waals surface area contributed by atoms with Gasteiger partial charge in [0.05, 0.1) is 11.5 Å². The number of amides is 1. The number of carbonyl (C=O) groups excluding carboxylic acids is 1. The minimum atomic E-state index is -0.538. The van der Waals surface area contributed by atoms with Gasteiger partial charge >= 0.3 is 0 Å². The van der Waals surface area contributed by atoms with Crippen LogP contribution in [0.25, 0.3) is 0 Å². The Morgan fingerprint density at radius 2 is 1.83 bits per heavy atom. The van der Waals surface area contributed by atoms with Gasteiger partial charge in [0.1, 0.15) is 0 Å². The van der Waals surface area contributed by atoms with Gasteiger partial charge in [-0.2, -0.15) is 0 Å². The molecular weight excluding hydrogens is 246 g/mol. The van der Waals surface area contributed by atoms with E-state index in [1.165, 1.54) is 0 Å². The molecule has 0 heterocycles. The van der Waals surface area contributed by atoms with E-state index in [0.717, 1.165) is 5.56 Å². The van der Waals surface area contributed by atoms with Crippen molar-refractivity contribution in [3.8, 4) is 0 Å². The van der Waals surface area contributed by atoms with E-state index in [0.29, 0.717) is 11.8 Å². The number of rotatable bonds is 5. The Bertz CT molecular complexity index is 387. The average molecular weight is 268 g/mol. The first-order valence-corrected chi connectivity index (χ1v) is 6.84. The Balaban J connectivity index is 2.86. The molecule has 1 amide bonds. The molecular formula is C15H22ClNO. The van der Waals surface area contributed by atoms with Gasteiger partial charge < -0.3 is 5.32 Å². The summed E-state index contributed by atoms with van der Waals surface area (Å²) in [4.78, 5) is 12.2. The van der Waals surface area contributed by atoms with Gasteiger partial charge in [-0.15, -0.1) is 11.6 Å². The minimum absolute atomic E-state index is 0.0000491. The first kappa shape index (κ1) is 15.0. The van der Waals surface area contributed by atoms with Crippen molar-refractivity contribution in [2.75, 3.05) is 5.88 Å². The molecule has 0 aliphatic carbocycles. The summed E-state index contributed by atoms with van der Waals surface area (Å²) in [6.07, 6.45) is 0. The molecule has 0 bridgehead atoms. The summed E-state index contributed by atoms with van der Waals surface area (Å²) >= 11 is 5.84. The lowest BCUT2D eigenvalue weighted by Gasteiger charge is -2.28. The summed E-state index contributed by atoms with van der Waals surface area (Å²) in [5, 5.41) is 3.10. The predicted octanol–water partition coefficient (Wildman–Crippen LogP) is 3.76. The van der Waals surface area contributed by atoms with Gasteiger partial charge in [0.25, 0.3) is 0 Å². The van der Waals surface area contributed by atoms with E-state index in [1.54, 1.807) is 0 Å². The van der Waals surface area contributed by atoms with Crippen LogP contribution in [0, 0.1) is 11.3 Å². The van der Waals surface area contributed by atoms with Gasteiger partial charge in [-0.05, 0) is 25.3 Å². The Hall–Kier alpha value is -1.02. The molecule has 0 aromatic heterocycles. The van der Waals surface area contributed by atoms with Crippen LogP contribution in [-0.4, -0.2) is 11.8 Å². The van der Waals surface area contributed by atoms with Gasteiger partial charge in [-0.3, -0.25) is 4.79 Å². The fraction of sp³-hybridized carbons (Fsp3) is 0.533. The molecule has 1 rings (SSSR count). The number of alkyl halides is 1. The van der Waals surface area contributed by atoms with Crippen molar-refractivity contribution in [1.29, 1.82) is 0 Å². The van der Waals surface area contributed by atoms with Crippen LogP contribution in [-0.2, 0) is 4.79 Å². The molecule has 100 valence electrons. The van der Waals surface area contributed by atoms with E-state index in [1.807, 2.05) is 44.2 Å². The van der Waals surface area contributed by atoms with Crippen molar-refractivity contribution < 1.29 is 4.79 Å². The van der Waals surface area contributed by atoms with Crippen LogP contribution in [0.1, 0.15) is 39.3 Å². The highest BCUT2D eigenvalue weighted by molar-refractivity contribution is 6.19. The Kier molecular flexibility index (Phi) is 5.21. The standard InChI is InChI=1S/C15H22ClNO/c1-11(2)13(12-8-6-5-7-9-12)17-14(18)15(3,4)10-16/h5-9,11,13H,10H2,1-4H3,(H,17,18). The quantitative estimate of drug-likeness (QED) is 0.809. The molecule has 3 heteroatoms. The van der Waals surface area contributed by atoms with E-state index in [2.05, 4.69) is 19.2 Å². The number of halogens is 1. The van der Waals surface area contributed by atoms with Gasteiger partial charge in [0.15, 0.2) is 0 Å². The van der Waals surface area contributed by atoms with E-state index >= 15 is 0 Å². The zero-order valence-electron chi connectivity index (χ0n) is 11.5. The summed E-state index contributed by atoms with van der Waals surface area (Å²) < 4.78 is 0. The van der Waals surface area contributed by atoms with Crippen molar-refractivity contribution in [3.63, 3.8) is 0 Å². The molecule has 1 aromatic rings. The zero-order valence-corrected chi connectivity index (χ0v) is 12.3. The maximum absolute atomic E-state index is 12.2. The summed E-state index contributed by atoms with van der Waals surface area (Å²) in [5.41, 5.74) is 0.593. The van der Waals surface area contributed by atoms with Crippen molar-refractivity contribution in [3.05, 3.63) is 35.9 Å². The zero-order chi connectivity index (χ0) is 13.8. The van der Waals surface area contributed by atoms with Crippen LogP contribution in [0.3, 0.4) is 0 Å². The molecule has 0 spiro atoms. The molecule has 0 aliphatic heterocycles. The second-order valence-electron chi connectivity index (χ2n) is 5.62. The number of hydrogen-bond acceptors (Lipinski definition) is 1. The molecule has 2 nitrogen and oxygen atoms in total. The fourth-order valence-electron chi connectivity index (χ4n) is 1.69. The van der Waals surface area contributed by atoms with Crippen molar-refractivity contribution in [1.82, 2.24) is 5.32 Å². The predicted molar refractivity (Wildman–Crippen MR) is 76.7 cm³/mol. The molecule has 1 unspecified atom stereocenters. The molecule has 0 saturated carbocycles. The third kappa shape index (κ3) is 3.74. The molecule has 0 fully saturated rings. The van der Waals surface area contributed by atoms with E-state index in [-0.39, 0.29) is 11.9 Å². The monoisotopic (exact) mass is 267 g/mol.